The Labute approximate surface area is 172 Å². The maximum absolute atomic E-state index is 5.72. The second-order valence-corrected chi connectivity index (χ2v) is 5.62. The largest absolute Gasteiger partial charge is 0.493 e. The van der Waals surface area contributed by atoms with Crippen molar-refractivity contribution in [2.24, 2.45) is 12.0 Å². The fraction of sp³-hybridized carbons (Fsp3) is 0.444. The number of aliphatic imine (C=N–C) groups is 1. The van der Waals surface area contributed by atoms with Gasteiger partial charge in [-0.1, -0.05) is 6.07 Å². The van der Waals surface area contributed by atoms with Gasteiger partial charge in [0.2, 0.25) is 0 Å². The lowest BCUT2D eigenvalue weighted by molar-refractivity contribution is 0.172. The van der Waals surface area contributed by atoms with Gasteiger partial charge in [0.15, 0.2) is 5.96 Å². The van der Waals surface area contributed by atoms with Crippen LogP contribution in [0.4, 0.5) is 5.69 Å². The number of guanidine groups is 1. The van der Waals surface area contributed by atoms with Crippen molar-refractivity contribution in [1.82, 2.24) is 15.1 Å². The molecule has 0 aliphatic rings. The predicted molar refractivity (Wildman–Crippen MR) is 116 cm³/mol. The summed E-state index contributed by atoms with van der Waals surface area (Å²) in [6.07, 6.45) is 5.65. The first-order valence-electron chi connectivity index (χ1n) is 8.38. The molecule has 2 aromatic rings. The first-order valence-corrected chi connectivity index (χ1v) is 8.38. The highest BCUT2D eigenvalue weighted by atomic mass is 127. The van der Waals surface area contributed by atoms with Crippen molar-refractivity contribution in [3.63, 3.8) is 0 Å². The summed E-state index contributed by atoms with van der Waals surface area (Å²) >= 11 is 0. The van der Waals surface area contributed by atoms with E-state index in [4.69, 9.17) is 9.47 Å². The van der Waals surface area contributed by atoms with E-state index in [-0.39, 0.29) is 24.0 Å². The first kappa shape index (κ1) is 22.2. The molecule has 0 aliphatic heterocycles. The van der Waals surface area contributed by atoms with Crippen molar-refractivity contribution in [1.29, 1.82) is 0 Å². The van der Waals surface area contributed by atoms with Gasteiger partial charge in [0.05, 0.1) is 12.8 Å². The van der Waals surface area contributed by atoms with Crippen LogP contribution < -0.4 is 15.4 Å². The summed E-state index contributed by atoms with van der Waals surface area (Å²) < 4.78 is 12.5. The van der Waals surface area contributed by atoms with Crippen molar-refractivity contribution >= 4 is 35.6 Å². The minimum Gasteiger partial charge on any atom is -0.493 e. The van der Waals surface area contributed by atoms with Gasteiger partial charge in [-0.2, -0.15) is 5.10 Å². The Morgan fingerprint density at radius 2 is 2.15 bits per heavy atom. The van der Waals surface area contributed by atoms with Gasteiger partial charge in [-0.05, 0) is 24.1 Å². The van der Waals surface area contributed by atoms with E-state index in [2.05, 4.69) is 20.7 Å². The Bertz CT molecular complexity index is 675. The number of halogens is 1. The summed E-state index contributed by atoms with van der Waals surface area (Å²) in [5.74, 6) is 1.55. The number of aromatic nitrogens is 2. The number of aryl methyl sites for hydroxylation is 1. The third kappa shape index (κ3) is 8.05. The summed E-state index contributed by atoms with van der Waals surface area (Å²) in [5.41, 5.74) is 2.12. The van der Waals surface area contributed by atoms with E-state index in [9.17, 15) is 0 Å². The van der Waals surface area contributed by atoms with E-state index in [1.807, 2.05) is 43.7 Å². The van der Waals surface area contributed by atoms with Crippen molar-refractivity contribution < 1.29 is 9.47 Å². The zero-order valence-electron chi connectivity index (χ0n) is 15.6. The summed E-state index contributed by atoms with van der Waals surface area (Å²) in [7, 11) is 5.36. The van der Waals surface area contributed by atoms with Crippen LogP contribution in [0.15, 0.2) is 41.7 Å². The topological polar surface area (TPSA) is 72.7 Å². The molecule has 2 rings (SSSR count). The second kappa shape index (κ2) is 12.5. The molecular weight excluding hydrogens is 445 g/mol. The minimum atomic E-state index is 0. The number of methoxy groups -OCH3 is 1. The Balaban J connectivity index is 0.00000338. The van der Waals surface area contributed by atoms with E-state index < -0.39 is 0 Å². The molecular formula is C18H28IN5O2. The summed E-state index contributed by atoms with van der Waals surface area (Å²) in [5, 5.41) is 10.7. The van der Waals surface area contributed by atoms with Gasteiger partial charge in [0, 0.05) is 58.7 Å². The van der Waals surface area contributed by atoms with E-state index in [0.717, 1.165) is 36.8 Å². The van der Waals surface area contributed by atoms with Crippen LogP contribution >= 0.6 is 24.0 Å². The number of hydrogen-bond acceptors (Lipinski definition) is 4. The molecule has 0 radical (unpaired) electrons. The lowest BCUT2D eigenvalue weighted by atomic mass is 10.2. The first-order chi connectivity index (χ1) is 12.2. The molecule has 1 aromatic carbocycles. The van der Waals surface area contributed by atoms with Crippen LogP contribution in [0.1, 0.15) is 12.0 Å². The van der Waals surface area contributed by atoms with Crippen LogP contribution in [0.25, 0.3) is 0 Å². The normalized spacial score (nSPS) is 11.0. The van der Waals surface area contributed by atoms with Crippen molar-refractivity contribution in [2.45, 2.75) is 12.8 Å². The van der Waals surface area contributed by atoms with Crippen LogP contribution in [0.2, 0.25) is 0 Å². The molecule has 0 bridgehead atoms. The molecule has 144 valence electrons. The number of nitrogens with zero attached hydrogens (tertiary/aromatic N) is 3. The van der Waals surface area contributed by atoms with Crippen LogP contribution in [-0.4, -0.2) is 49.7 Å². The summed E-state index contributed by atoms with van der Waals surface area (Å²) in [6.45, 7) is 2.11. The zero-order chi connectivity index (χ0) is 17.9. The average Bonchev–Trinajstić information content (AvgIpc) is 3.03. The molecule has 1 aromatic heterocycles. The molecule has 0 amide bonds. The Hall–Kier alpha value is -1.81. The van der Waals surface area contributed by atoms with E-state index in [0.29, 0.717) is 13.2 Å². The molecule has 8 heteroatoms. The number of anilines is 1. The van der Waals surface area contributed by atoms with E-state index >= 15 is 0 Å². The number of benzene rings is 1. The van der Waals surface area contributed by atoms with Crippen LogP contribution in [-0.2, 0) is 18.2 Å². The lowest BCUT2D eigenvalue weighted by Crippen LogP contribution is -2.32. The van der Waals surface area contributed by atoms with Gasteiger partial charge in [0.1, 0.15) is 5.75 Å². The molecule has 2 N–H and O–H groups in total. The average molecular weight is 473 g/mol. The third-order valence-electron chi connectivity index (χ3n) is 3.55. The van der Waals surface area contributed by atoms with Gasteiger partial charge in [-0.15, -0.1) is 24.0 Å². The van der Waals surface area contributed by atoms with Gasteiger partial charge in [-0.3, -0.25) is 9.67 Å². The quantitative estimate of drug-likeness (QED) is 0.254. The molecule has 0 fully saturated rings. The molecule has 26 heavy (non-hydrogen) atoms. The molecule has 0 saturated heterocycles. The van der Waals surface area contributed by atoms with Gasteiger partial charge in [-0.25, -0.2) is 0 Å². The Morgan fingerprint density at radius 3 is 2.85 bits per heavy atom. The highest BCUT2D eigenvalue weighted by Crippen LogP contribution is 2.17. The molecule has 0 saturated carbocycles. The highest BCUT2D eigenvalue weighted by molar-refractivity contribution is 14.0. The molecule has 0 unspecified atom stereocenters. The SMILES string of the molecule is CN=C(NCCc1cnn(C)c1)Nc1cccc(OCCCOC)c1.I. The second-order valence-electron chi connectivity index (χ2n) is 5.62. The Kier molecular flexibility index (Phi) is 10.7. The molecule has 0 spiro atoms. The number of rotatable bonds is 9. The summed E-state index contributed by atoms with van der Waals surface area (Å²) in [6, 6.07) is 7.84. The standard InChI is InChI=1S/C18H27N5O2.HI/c1-19-18(20-9-8-15-13-21-23(2)14-15)22-16-6-4-7-17(12-16)25-11-5-10-24-3;/h4,6-7,12-14H,5,8-11H2,1-3H3,(H2,19,20,22);1H. The van der Waals surface area contributed by atoms with Gasteiger partial charge in [0.25, 0.3) is 0 Å². The van der Waals surface area contributed by atoms with E-state index in [1.54, 1.807) is 18.8 Å². The molecule has 7 nitrogen and oxygen atoms in total. The number of nitrogens with one attached hydrogen (secondary N) is 2. The smallest absolute Gasteiger partial charge is 0.195 e. The minimum absolute atomic E-state index is 0. The molecule has 0 atom stereocenters. The monoisotopic (exact) mass is 473 g/mol. The van der Waals surface area contributed by atoms with Gasteiger partial charge >= 0.3 is 0 Å². The lowest BCUT2D eigenvalue weighted by Gasteiger charge is -2.13. The zero-order valence-corrected chi connectivity index (χ0v) is 17.9. The fourth-order valence-electron chi connectivity index (χ4n) is 2.30. The van der Waals surface area contributed by atoms with Crippen LogP contribution in [0.3, 0.4) is 0 Å². The maximum atomic E-state index is 5.72. The van der Waals surface area contributed by atoms with Crippen molar-refractivity contribution in [3.8, 4) is 5.75 Å². The van der Waals surface area contributed by atoms with E-state index in [1.165, 1.54) is 5.56 Å². The van der Waals surface area contributed by atoms with Crippen LogP contribution in [0, 0.1) is 0 Å². The third-order valence-corrected chi connectivity index (χ3v) is 3.55. The summed E-state index contributed by atoms with van der Waals surface area (Å²) in [4.78, 5) is 4.25. The van der Waals surface area contributed by atoms with Gasteiger partial charge < -0.3 is 20.1 Å². The van der Waals surface area contributed by atoms with Crippen molar-refractivity contribution in [3.05, 3.63) is 42.2 Å². The van der Waals surface area contributed by atoms with Crippen molar-refractivity contribution in [2.75, 3.05) is 39.2 Å². The Morgan fingerprint density at radius 1 is 1.31 bits per heavy atom. The van der Waals surface area contributed by atoms with Crippen LogP contribution in [0.5, 0.6) is 5.75 Å². The highest BCUT2D eigenvalue weighted by Gasteiger charge is 2.02. The molecule has 1 heterocycles. The number of ether oxygens (including phenoxy) is 2. The fourth-order valence-corrected chi connectivity index (χ4v) is 2.30. The predicted octanol–water partition coefficient (Wildman–Crippen LogP) is 2.68. The molecule has 0 aliphatic carbocycles. The number of hydrogen-bond donors (Lipinski definition) is 2. The maximum Gasteiger partial charge on any atom is 0.195 e.